The highest BCUT2D eigenvalue weighted by atomic mass is 16.5. The van der Waals surface area contributed by atoms with Crippen molar-refractivity contribution >= 4 is 17.8 Å². The van der Waals surface area contributed by atoms with Crippen molar-refractivity contribution in [3.8, 4) is 0 Å². The molecule has 1 spiro atoms. The molecule has 3 atom stereocenters. The van der Waals surface area contributed by atoms with Gasteiger partial charge < -0.3 is 30.5 Å². The van der Waals surface area contributed by atoms with Crippen LogP contribution in [0.1, 0.15) is 54.4 Å². The predicted molar refractivity (Wildman–Crippen MR) is 128 cm³/mol. The van der Waals surface area contributed by atoms with Crippen LogP contribution in [0.5, 0.6) is 0 Å². The maximum atomic E-state index is 11.7. The zero-order valence-corrected chi connectivity index (χ0v) is 20.6. The van der Waals surface area contributed by atoms with E-state index in [0.29, 0.717) is 28.9 Å². The Balaban J connectivity index is 0.000000292. The number of aliphatic hydroxyl groups is 1. The molecule has 10 heteroatoms. The Morgan fingerprint density at radius 2 is 1.81 bits per heavy atom. The third-order valence-corrected chi connectivity index (χ3v) is 8.49. The van der Waals surface area contributed by atoms with Crippen LogP contribution < -0.4 is 5.73 Å². The second kappa shape index (κ2) is 10.5. The number of aliphatic carboxylic acids is 2. The lowest BCUT2D eigenvalue weighted by Crippen LogP contribution is -2.66. The minimum Gasteiger partial charge on any atom is -0.481 e. The molecule has 2 saturated carbocycles. The van der Waals surface area contributed by atoms with Crippen molar-refractivity contribution in [2.24, 2.45) is 23.0 Å². The van der Waals surface area contributed by atoms with Crippen molar-refractivity contribution < 1.29 is 39.2 Å². The van der Waals surface area contributed by atoms with Crippen LogP contribution in [0.4, 0.5) is 0 Å². The lowest BCUT2D eigenvalue weighted by atomic mass is 9.59. The van der Waals surface area contributed by atoms with Crippen molar-refractivity contribution in [1.82, 2.24) is 4.90 Å². The van der Waals surface area contributed by atoms with Crippen molar-refractivity contribution in [2.45, 2.75) is 56.3 Å². The Morgan fingerprint density at radius 1 is 1.17 bits per heavy atom. The molecule has 4 aliphatic rings. The van der Waals surface area contributed by atoms with Gasteiger partial charge in [-0.15, -0.1) is 0 Å². The van der Waals surface area contributed by atoms with E-state index in [2.05, 4.69) is 11.0 Å². The van der Waals surface area contributed by atoms with Gasteiger partial charge in [0.05, 0.1) is 19.6 Å². The molecule has 1 aromatic rings. The van der Waals surface area contributed by atoms with Crippen LogP contribution in [-0.2, 0) is 24.7 Å². The highest BCUT2D eigenvalue weighted by Crippen LogP contribution is 2.55. The van der Waals surface area contributed by atoms with Crippen LogP contribution in [0.2, 0.25) is 0 Å². The standard InChI is InChI=1S/C22H30N2O3.C4H6O5/c1-26-22(16-5-2-4-15(8-16)20(23)25)17-6-3-7-18(22)12-24(11-17)19-9-21(10-19)13-27-14-21;5-2(4(8)9)1-3(6)7/h2,4-5,8,17-19H,3,6-7,9-14H2,1H3,(H2,23,25);2,5H,1H2,(H,6,7)(H,8,9). The summed E-state index contributed by atoms with van der Waals surface area (Å²) >= 11 is 0. The Hall–Kier alpha value is -2.53. The van der Waals surface area contributed by atoms with Crippen molar-refractivity contribution in [2.75, 3.05) is 33.4 Å². The monoisotopic (exact) mass is 504 g/mol. The van der Waals surface area contributed by atoms with Gasteiger partial charge in [-0.05, 0) is 43.4 Å². The predicted octanol–water partition coefficient (Wildman–Crippen LogP) is 1.44. The molecule has 1 amide bonds. The fourth-order valence-corrected chi connectivity index (χ4v) is 6.68. The Kier molecular flexibility index (Phi) is 7.70. The van der Waals surface area contributed by atoms with E-state index in [9.17, 15) is 14.4 Å². The van der Waals surface area contributed by atoms with Gasteiger partial charge in [0.25, 0.3) is 0 Å². The third kappa shape index (κ3) is 5.00. The van der Waals surface area contributed by atoms with E-state index in [1.807, 2.05) is 19.2 Å². The molecule has 1 aromatic carbocycles. The number of nitrogens with two attached hydrogens (primary N) is 1. The second-order valence-electron chi connectivity index (χ2n) is 10.7. The SMILES string of the molecule is COC1(c2cccc(C(N)=O)c2)C2CCCC1CN(C1CC3(COC3)C1)C2.O=C(O)CC(O)C(=O)O. The fraction of sp³-hybridized carbons (Fsp3) is 0.654. The van der Waals surface area contributed by atoms with Gasteiger partial charge in [-0.25, -0.2) is 4.79 Å². The molecule has 0 aromatic heterocycles. The maximum Gasteiger partial charge on any atom is 0.333 e. The van der Waals surface area contributed by atoms with Gasteiger partial charge in [0, 0.05) is 49.1 Å². The molecule has 2 saturated heterocycles. The number of primary amides is 1. The summed E-state index contributed by atoms with van der Waals surface area (Å²) < 4.78 is 11.8. The second-order valence-corrected chi connectivity index (χ2v) is 10.7. The molecular formula is C26H36N2O8. The summed E-state index contributed by atoms with van der Waals surface area (Å²) in [5.74, 6) is -2.28. The van der Waals surface area contributed by atoms with Crippen molar-refractivity contribution in [3.05, 3.63) is 35.4 Å². The number of hydrogen-bond acceptors (Lipinski definition) is 7. The van der Waals surface area contributed by atoms with Crippen LogP contribution >= 0.6 is 0 Å². The number of carbonyl (C=O) groups is 3. The first-order valence-corrected chi connectivity index (χ1v) is 12.5. The molecule has 198 valence electrons. The van der Waals surface area contributed by atoms with E-state index in [0.717, 1.165) is 31.9 Å². The average Bonchev–Trinajstić information content (AvgIpc) is 2.76. The number of ether oxygens (including phenoxy) is 2. The molecule has 2 bridgehead atoms. The minimum absolute atomic E-state index is 0.290. The van der Waals surface area contributed by atoms with Crippen LogP contribution in [0.25, 0.3) is 0 Å². The van der Waals surface area contributed by atoms with Crippen molar-refractivity contribution in [1.29, 1.82) is 0 Å². The van der Waals surface area contributed by atoms with Gasteiger partial charge in [0.15, 0.2) is 6.10 Å². The van der Waals surface area contributed by atoms with E-state index in [4.69, 9.17) is 30.5 Å². The first-order chi connectivity index (χ1) is 17.1. The van der Waals surface area contributed by atoms with Gasteiger partial charge in [0.2, 0.25) is 5.91 Å². The third-order valence-electron chi connectivity index (χ3n) is 8.49. The smallest absolute Gasteiger partial charge is 0.333 e. The number of likely N-dealkylation sites (tertiary alicyclic amines) is 1. The number of nitrogens with zero attached hydrogens (tertiary/aromatic N) is 1. The molecule has 10 nitrogen and oxygen atoms in total. The van der Waals surface area contributed by atoms with Crippen LogP contribution in [0.3, 0.4) is 0 Å². The van der Waals surface area contributed by atoms with Crippen molar-refractivity contribution in [3.63, 3.8) is 0 Å². The van der Waals surface area contributed by atoms with E-state index in [-0.39, 0.29) is 11.5 Å². The molecular weight excluding hydrogens is 468 g/mol. The minimum atomic E-state index is -1.79. The number of amides is 1. The van der Waals surface area contributed by atoms with E-state index in [1.165, 1.54) is 32.1 Å². The number of aliphatic hydroxyl groups excluding tert-OH is 1. The number of carbonyl (C=O) groups excluding carboxylic acids is 1. The Bertz CT molecular complexity index is 972. The highest BCUT2D eigenvalue weighted by molar-refractivity contribution is 5.93. The summed E-state index contributed by atoms with van der Waals surface area (Å²) in [4.78, 5) is 33.9. The molecule has 0 radical (unpaired) electrons. The number of benzene rings is 1. The summed E-state index contributed by atoms with van der Waals surface area (Å²) in [5, 5.41) is 24.1. The normalized spacial score (nSPS) is 29.7. The van der Waals surface area contributed by atoms with Gasteiger partial charge in [-0.2, -0.15) is 0 Å². The van der Waals surface area contributed by atoms with Crippen LogP contribution in [-0.4, -0.2) is 83.6 Å². The summed E-state index contributed by atoms with van der Waals surface area (Å²) in [7, 11) is 1.85. The summed E-state index contributed by atoms with van der Waals surface area (Å²) in [6, 6.07) is 8.56. The number of hydrogen-bond donors (Lipinski definition) is 4. The topological polar surface area (TPSA) is 160 Å². The molecule has 36 heavy (non-hydrogen) atoms. The van der Waals surface area contributed by atoms with Gasteiger partial charge in [-0.3, -0.25) is 14.5 Å². The molecule has 3 unspecified atom stereocenters. The van der Waals surface area contributed by atoms with E-state index < -0.39 is 24.5 Å². The number of methoxy groups -OCH3 is 1. The molecule has 2 aliphatic carbocycles. The van der Waals surface area contributed by atoms with Gasteiger partial charge in [-0.1, -0.05) is 18.6 Å². The lowest BCUT2D eigenvalue weighted by Gasteiger charge is -2.61. The molecule has 2 heterocycles. The number of carboxylic acid groups (broad SMARTS) is 2. The van der Waals surface area contributed by atoms with Gasteiger partial charge in [0.1, 0.15) is 5.60 Å². The molecule has 5 N–H and O–H groups in total. The van der Waals surface area contributed by atoms with E-state index >= 15 is 0 Å². The van der Waals surface area contributed by atoms with Crippen LogP contribution in [0.15, 0.2) is 24.3 Å². The van der Waals surface area contributed by atoms with Gasteiger partial charge >= 0.3 is 11.9 Å². The zero-order chi connectivity index (χ0) is 26.1. The summed E-state index contributed by atoms with van der Waals surface area (Å²) in [5.41, 5.74) is 7.47. The fourth-order valence-electron chi connectivity index (χ4n) is 6.68. The Labute approximate surface area is 210 Å². The Morgan fingerprint density at radius 3 is 2.25 bits per heavy atom. The number of rotatable bonds is 7. The lowest BCUT2D eigenvalue weighted by molar-refractivity contribution is -0.215. The molecule has 4 fully saturated rings. The summed E-state index contributed by atoms with van der Waals surface area (Å²) in [6.07, 6.45) is 3.68. The average molecular weight is 505 g/mol. The highest BCUT2D eigenvalue weighted by Gasteiger charge is 2.57. The molecule has 2 aliphatic heterocycles. The first-order valence-electron chi connectivity index (χ1n) is 12.5. The largest absolute Gasteiger partial charge is 0.481 e. The molecule has 5 rings (SSSR count). The maximum absolute atomic E-state index is 11.7. The summed E-state index contributed by atoms with van der Waals surface area (Å²) in [6.45, 7) is 4.11. The number of piperidine rings is 1. The zero-order valence-electron chi connectivity index (χ0n) is 20.6. The quantitative estimate of drug-likeness (QED) is 0.431. The first kappa shape index (κ1) is 26.5. The van der Waals surface area contributed by atoms with Crippen LogP contribution in [0, 0.1) is 17.3 Å². The number of fused-ring (bicyclic) bond motifs is 2. The number of carboxylic acids is 2. The van der Waals surface area contributed by atoms with E-state index in [1.54, 1.807) is 6.07 Å².